The van der Waals surface area contributed by atoms with Crippen LogP contribution in [0.25, 0.3) is 11.3 Å². The Bertz CT molecular complexity index is 1040. The van der Waals surface area contributed by atoms with Crippen molar-refractivity contribution < 1.29 is 32.0 Å². The first kappa shape index (κ1) is 20.8. The van der Waals surface area contributed by atoms with E-state index in [9.17, 15) is 22.8 Å². The van der Waals surface area contributed by atoms with Crippen LogP contribution in [0.15, 0.2) is 40.8 Å². The molecule has 29 heavy (non-hydrogen) atoms. The van der Waals surface area contributed by atoms with Crippen molar-refractivity contribution in [2.75, 3.05) is 25.2 Å². The van der Waals surface area contributed by atoms with E-state index in [0.29, 0.717) is 23.3 Å². The molecule has 0 bridgehead atoms. The number of furan rings is 1. The van der Waals surface area contributed by atoms with Gasteiger partial charge in [0.25, 0.3) is 5.91 Å². The Morgan fingerprint density at radius 1 is 1.14 bits per heavy atom. The van der Waals surface area contributed by atoms with E-state index in [4.69, 9.17) is 9.15 Å². The van der Waals surface area contributed by atoms with E-state index in [-0.39, 0.29) is 23.0 Å². The lowest BCUT2D eigenvalue weighted by Gasteiger charge is -2.22. The first-order chi connectivity index (χ1) is 13.7. The number of rotatable bonds is 6. The highest BCUT2D eigenvalue weighted by Crippen LogP contribution is 2.23. The molecule has 1 amide bonds. The second-order valence-electron chi connectivity index (χ2n) is 6.94. The Kier molecular flexibility index (Phi) is 5.88. The van der Waals surface area contributed by atoms with E-state index in [0.717, 1.165) is 0 Å². The third-order valence-corrected chi connectivity index (χ3v) is 6.61. The quantitative estimate of drug-likeness (QED) is 0.520. The first-order valence-corrected chi connectivity index (χ1v) is 10.8. The summed E-state index contributed by atoms with van der Waals surface area (Å²) >= 11 is 0. The molecule has 0 N–H and O–H groups in total. The Labute approximate surface area is 168 Å². The molecule has 0 radical (unpaired) electrons. The van der Waals surface area contributed by atoms with Crippen molar-refractivity contribution in [3.8, 4) is 11.3 Å². The second-order valence-corrected chi connectivity index (χ2v) is 9.16. The minimum atomic E-state index is -3.11. The summed E-state index contributed by atoms with van der Waals surface area (Å²) in [5, 5.41) is 0. The number of esters is 1. The van der Waals surface area contributed by atoms with Gasteiger partial charge in [-0.15, -0.1) is 0 Å². The monoisotopic (exact) mass is 419 g/mol. The minimum Gasteiger partial charge on any atom is -0.450 e. The second kappa shape index (κ2) is 8.20. The molecule has 1 saturated heterocycles. The fourth-order valence-corrected chi connectivity index (χ4v) is 4.83. The number of benzene rings is 1. The van der Waals surface area contributed by atoms with Gasteiger partial charge in [0, 0.05) is 24.2 Å². The molecule has 1 aliphatic heterocycles. The van der Waals surface area contributed by atoms with Gasteiger partial charge in [-0.3, -0.25) is 9.59 Å². The summed E-state index contributed by atoms with van der Waals surface area (Å²) in [6.45, 7) is 0.968. The molecular formula is C20H21NO7S. The predicted octanol–water partition coefficient (Wildman–Crippen LogP) is 1.95. The average Bonchev–Trinajstić information content (AvgIpc) is 3.32. The molecule has 0 saturated carbocycles. The number of Topliss-reactive ketones (excluding diaryl/α,β-unsaturated/α-hetero) is 1. The van der Waals surface area contributed by atoms with Gasteiger partial charge >= 0.3 is 5.97 Å². The zero-order valence-corrected chi connectivity index (χ0v) is 16.9. The SMILES string of the molecule is CC(=O)c1ccc(-c2ccc(C(=O)OCC(=O)N(C)[C@@H]3CCS(=O)(=O)C3)o2)cc1. The molecule has 3 rings (SSSR count). The van der Waals surface area contributed by atoms with E-state index < -0.39 is 34.4 Å². The van der Waals surface area contributed by atoms with Crippen LogP contribution in [-0.2, 0) is 19.4 Å². The lowest BCUT2D eigenvalue weighted by Crippen LogP contribution is -2.40. The van der Waals surface area contributed by atoms with Crippen LogP contribution < -0.4 is 0 Å². The van der Waals surface area contributed by atoms with E-state index in [1.807, 2.05) is 0 Å². The van der Waals surface area contributed by atoms with Crippen molar-refractivity contribution in [3.63, 3.8) is 0 Å². The molecule has 2 heterocycles. The minimum absolute atomic E-state index is 0.0508. The number of sulfone groups is 1. The van der Waals surface area contributed by atoms with Crippen molar-refractivity contribution >= 4 is 27.5 Å². The van der Waals surface area contributed by atoms with Crippen molar-refractivity contribution in [1.82, 2.24) is 4.90 Å². The van der Waals surface area contributed by atoms with Crippen molar-refractivity contribution in [3.05, 3.63) is 47.7 Å². The standard InChI is InChI=1S/C20H21NO7S/c1-13(22)14-3-5-15(6-4-14)17-7-8-18(28-17)20(24)27-11-19(23)21(2)16-9-10-29(25,26)12-16/h3-8,16H,9-12H2,1-2H3/t16-/m1/s1. The van der Waals surface area contributed by atoms with Crippen LogP contribution >= 0.6 is 0 Å². The molecule has 0 spiro atoms. The highest BCUT2D eigenvalue weighted by atomic mass is 32.2. The fourth-order valence-electron chi connectivity index (χ4n) is 3.06. The van der Waals surface area contributed by atoms with Gasteiger partial charge in [-0.25, -0.2) is 13.2 Å². The topological polar surface area (TPSA) is 111 Å². The van der Waals surface area contributed by atoms with E-state index in [1.54, 1.807) is 30.3 Å². The molecule has 154 valence electrons. The highest BCUT2D eigenvalue weighted by Gasteiger charge is 2.33. The summed E-state index contributed by atoms with van der Waals surface area (Å²) < 4.78 is 33.6. The summed E-state index contributed by atoms with van der Waals surface area (Å²) in [7, 11) is -1.62. The molecule has 1 fully saturated rings. The number of nitrogens with zero attached hydrogens (tertiary/aromatic N) is 1. The Hall–Kier alpha value is -2.94. The van der Waals surface area contributed by atoms with Gasteiger partial charge in [0.15, 0.2) is 22.2 Å². The van der Waals surface area contributed by atoms with Crippen LogP contribution in [0.3, 0.4) is 0 Å². The van der Waals surface area contributed by atoms with Gasteiger partial charge in [-0.05, 0) is 25.5 Å². The summed E-state index contributed by atoms with van der Waals surface area (Å²) in [5.74, 6) is -0.985. The number of ether oxygens (including phenoxy) is 1. The van der Waals surface area contributed by atoms with E-state index in [1.165, 1.54) is 24.9 Å². The lowest BCUT2D eigenvalue weighted by atomic mass is 10.1. The third-order valence-electron chi connectivity index (χ3n) is 4.86. The van der Waals surface area contributed by atoms with Crippen LogP contribution in [0.1, 0.15) is 34.3 Å². The van der Waals surface area contributed by atoms with Crippen LogP contribution in [0.4, 0.5) is 0 Å². The largest absolute Gasteiger partial charge is 0.450 e. The van der Waals surface area contributed by atoms with Gasteiger partial charge in [-0.1, -0.05) is 24.3 Å². The predicted molar refractivity (Wildman–Crippen MR) is 104 cm³/mol. The van der Waals surface area contributed by atoms with Crippen LogP contribution in [0.5, 0.6) is 0 Å². The van der Waals surface area contributed by atoms with Gasteiger partial charge in [0.05, 0.1) is 11.5 Å². The molecule has 1 aromatic heterocycles. The number of ketones is 1. The number of likely N-dealkylation sites (N-methyl/N-ethyl adjacent to an activating group) is 1. The molecule has 0 unspecified atom stereocenters. The summed E-state index contributed by atoms with van der Waals surface area (Å²) in [6.07, 6.45) is 0.377. The molecule has 0 aliphatic carbocycles. The normalized spacial score (nSPS) is 17.7. The van der Waals surface area contributed by atoms with E-state index in [2.05, 4.69) is 0 Å². The third kappa shape index (κ3) is 4.92. The van der Waals surface area contributed by atoms with Gasteiger partial charge in [0.1, 0.15) is 5.76 Å². The maximum Gasteiger partial charge on any atom is 0.374 e. The first-order valence-electron chi connectivity index (χ1n) is 9.01. The number of carbonyl (C=O) groups is 3. The molecule has 1 atom stereocenters. The average molecular weight is 419 g/mol. The van der Waals surface area contributed by atoms with E-state index >= 15 is 0 Å². The summed E-state index contributed by atoms with van der Waals surface area (Å²) in [4.78, 5) is 37.0. The Morgan fingerprint density at radius 3 is 2.41 bits per heavy atom. The maximum absolute atomic E-state index is 12.2. The number of hydrogen-bond donors (Lipinski definition) is 0. The van der Waals surface area contributed by atoms with Gasteiger partial charge < -0.3 is 14.1 Å². The zero-order chi connectivity index (χ0) is 21.2. The lowest BCUT2D eigenvalue weighted by molar-refractivity contribution is -0.134. The summed E-state index contributed by atoms with van der Waals surface area (Å²) in [5.41, 5.74) is 1.25. The molecule has 9 heteroatoms. The van der Waals surface area contributed by atoms with Crippen LogP contribution in [0.2, 0.25) is 0 Å². The van der Waals surface area contributed by atoms with Crippen LogP contribution in [0, 0.1) is 0 Å². The molecular weight excluding hydrogens is 398 g/mol. The highest BCUT2D eigenvalue weighted by molar-refractivity contribution is 7.91. The smallest absolute Gasteiger partial charge is 0.374 e. The van der Waals surface area contributed by atoms with Crippen molar-refractivity contribution in [1.29, 1.82) is 0 Å². The van der Waals surface area contributed by atoms with Crippen molar-refractivity contribution in [2.24, 2.45) is 0 Å². The fraction of sp³-hybridized carbons (Fsp3) is 0.350. The molecule has 8 nitrogen and oxygen atoms in total. The van der Waals surface area contributed by atoms with Crippen molar-refractivity contribution in [2.45, 2.75) is 19.4 Å². The number of carbonyl (C=O) groups excluding carboxylic acids is 3. The summed E-state index contributed by atoms with van der Waals surface area (Å²) in [6, 6.07) is 9.37. The molecule has 1 aliphatic rings. The van der Waals surface area contributed by atoms with Crippen LogP contribution in [-0.4, -0.2) is 62.2 Å². The van der Waals surface area contributed by atoms with Gasteiger partial charge in [-0.2, -0.15) is 0 Å². The number of amides is 1. The molecule has 2 aromatic rings. The maximum atomic E-state index is 12.2. The zero-order valence-electron chi connectivity index (χ0n) is 16.1. The molecule has 1 aromatic carbocycles. The Balaban J connectivity index is 1.57. The number of hydrogen-bond acceptors (Lipinski definition) is 7. The van der Waals surface area contributed by atoms with Gasteiger partial charge in [0.2, 0.25) is 5.76 Å². The Morgan fingerprint density at radius 2 is 1.83 bits per heavy atom.